The molecule has 0 fully saturated rings. The molecule has 2 rings (SSSR count). The van der Waals surface area contributed by atoms with Crippen molar-refractivity contribution in [2.75, 3.05) is 0 Å². The van der Waals surface area contributed by atoms with Gasteiger partial charge in [0.2, 0.25) is 0 Å². The van der Waals surface area contributed by atoms with Crippen molar-refractivity contribution in [3.8, 4) is 0 Å². The molecular weight excluding hydrogens is 144 g/mol. The minimum absolute atomic E-state index is 0.437. The largest absolute Gasteiger partial charge is 0.369 e. The first-order valence-electron chi connectivity index (χ1n) is 3.24. The van der Waals surface area contributed by atoms with Crippen LogP contribution in [-0.2, 0) is 0 Å². The topological polar surface area (TPSA) is 24.4 Å². The Labute approximate surface area is 63.6 Å². The molecule has 2 nitrogen and oxygen atoms in total. The molecule has 0 aromatic carbocycles. The second-order valence-electron chi connectivity index (χ2n) is 2.32. The minimum Gasteiger partial charge on any atom is -0.369 e. The van der Waals surface area contributed by atoms with Crippen molar-refractivity contribution >= 4 is 23.4 Å². The number of nitrogens with one attached hydrogen (secondary N) is 1. The van der Waals surface area contributed by atoms with E-state index in [1.165, 1.54) is 4.88 Å². The Morgan fingerprint density at radius 3 is 3.40 bits per heavy atom. The van der Waals surface area contributed by atoms with Gasteiger partial charge in [0.05, 0.1) is 22.9 Å². The van der Waals surface area contributed by atoms with Gasteiger partial charge in [-0.05, 0) is 18.4 Å². The smallest absolute Gasteiger partial charge is 0.0891 e. The lowest BCUT2D eigenvalue weighted by Crippen LogP contribution is -2.17. The number of fused-ring (bicyclic) bond motifs is 1. The standard InChI is InChI=1S/C7H8N2S/c1-5-7-6(2-3-10-7)9-4-8-5/h2-5H,1H3,(H,8,9). The molecule has 52 valence electrons. The van der Waals surface area contributed by atoms with E-state index in [0.29, 0.717) is 6.04 Å². The predicted octanol–water partition coefficient (Wildman–Crippen LogP) is 2.07. The fourth-order valence-electron chi connectivity index (χ4n) is 1.04. The molecular formula is C7H8N2S. The second kappa shape index (κ2) is 2.09. The zero-order valence-corrected chi connectivity index (χ0v) is 6.48. The predicted molar refractivity (Wildman–Crippen MR) is 44.0 cm³/mol. The summed E-state index contributed by atoms with van der Waals surface area (Å²) in [5.41, 5.74) is 1.12. The van der Waals surface area contributed by atoms with Gasteiger partial charge in [0.25, 0.3) is 0 Å². The SMILES string of the molecule is CC1NC=Nc2ccsc21. The van der Waals surface area contributed by atoms with Crippen LogP contribution in [0.4, 0.5) is 5.69 Å². The molecule has 1 aromatic heterocycles. The van der Waals surface area contributed by atoms with Gasteiger partial charge in [0.15, 0.2) is 0 Å². The maximum absolute atomic E-state index is 4.18. The molecule has 0 radical (unpaired) electrons. The molecule has 1 atom stereocenters. The minimum atomic E-state index is 0.437. The molecule has 1 aromatic rings. The zero-order chi connectivity index (χ0) is 6.97. The number of hydrogen-bond donors (Lipinski definition) is 1. The Balaban J connectivity index is 2.52. The Kier molecular flexibility index (Phi) is 1.24. The Morgan fingerprint density at radius 1 is 1.70 bits per heavy atom. The lowest BCUT2D eigenvalue weighted by Gasteiger charge is -2.14. The molecule has 0 aliphatic carbocycles. The van der Waals surface area contributed by atoms with Crippen LogP contribution >= 0.6 is 11.3 Å². The van der Waals surface area contributed by atoms with Crippen LogP contribution in [0, 0.1) is 0 Å². The van der Waals surface area contributed by atoms with E-state index >= 15 is 0 Å². The molecule has 0 bridgehead atoms. The Bertz CT molecular complexity index is 264. The van der Waals surface area contributed by atoms with E-state index in [1.54, 1.807) is 17.7 Å². The van der Waals surface area contributed by atoms with Gasteiger partial charge in [-0.25, -0.2) is 4.99 Å². The van der Waals surface area contributed by atoms with Crippen LogP contribution in [0.25, 0.3) is 0 Å². The third-order valence-corrected chi connectivity index (χ3v) is 2.68. The monoisotopic (exact) mass is 152 g/mol. The van der Waals surface area contributed by atoms with Crippen molar-refractivity contribution < 1.29 is 0 Å². The molecule has 0 amide bonds. The molecule has 2 heterocycles. The highest BCUT2D eigenvalue weighted by atomic mass is 32.1. The van der Waals surface area contributed by atoms with E-state index in [0.717, 1.165) is 5.69 Å². The third kappa shape index (κ3) is 0.743. The van der Waals surface area contributed by atoms with Crippen molar-refractivity contribution in [3.63, 3.8) is 0 Å². The van der Waals surface area contributed by atoms with E-state index in [9.17, 15) is 0 Å². The number of hydrogen-bond acceptors (Lipinski definition) is 3. The van der Waals surface area contributed by atoms with Crippen LogP contribution in [0.1, 0.15) is 17.8 Å². The maximum atomic E-state index is 4.18. The third-order valence-electron chi connectivity index (χ3n) is 1.59. The molecule has 1 aliphatic heterocycles. The summed E-state index contributed by atoms with van der Waals surface area (Å²) < 4.78 is 0. The van der Waals surface area contributed by atoms with Gasteiger partial charge < -0.3 is 5.32 Å². The first kappa shape index (κ1) is 5.92. The molecule has 0 spiro atoms. The highest BCUT2D eigenvalue weighted by molar-refractivity contribution is 7.10. The molecule has 1 unspecified atom stereocenters. The van der Waals surface area contributed by atoms with Crippen molar-refractivity contribution in [1.82, 2.24) is 5.32 Å². The zero-order valence-electron chi connectivity index (χ0n) is 5.66. The average Bonchev–Trinajstić information content (AvgIpc) is 2.36. The van der Waals surface area contributed by atoms with Crippen LogP contribution < -0.4 is 5.32 Å². The van der Waals surface area contributed by atoms with E-state index < -0.39 is 0 Å². The number of aliphatic imine (C=N–C) groups is 1. The van der Waals surface area contributed by atoms with Gasteiger partial charge in [0.1, 0.15) is 0 Å². The average molecular weight is 152 g/mol. The summed E-state index contributed by atoms with van der Waals surface area (Å²) in [4.78, 5) is 5.51. The van der Waals surface area contributed by atoms with Crippen LogP contribution in [0.3, 0.4) is 0 Å². The van der Waals surface area contributed by atoms with Gasteiger partial charge in [0, 0.05) is 0 Å². The number of rotatable bonds is 0. The fourth-order valence-corrected chi connectivity index (χ4v) is 1.90. The lowest BCUT2D eigenvalue weighted by molar-refractivity contribution is 0.732. The van der Waals surface area contributed by atoms with E-state index in [-0.39, 0.29) is 0 Å². The lowest BCUT2D eigenvalue weighted by atomic mass is 10.2. The summed E-state index contributed by atoms with van der Waals surface area (Å²) in [7, 11) is 0. The molecule has 1 aliphatic rings. The van der Waals surface area contributed by atoms with Crippen LogP contribution in [0.2, 0.25) is 0 Å². The normalized spacial score (nSPS) is 21.9. The molecule has 1 N–H and O–H groups in total. The van der Waals surface area contributed by atoms with Gasteiger partial charge in [-0.15, -0.1) is 11.3 Å². The first-order valence-corrected chi connectivity index (χ1v) is 4.12. The summed E-state index contributed by atoms with van der Waals surface area (Å²) in [6, 6.07) is 2.49. The van der Waals surface area contributed by atoms with Crippen molar-refractivity contribution in [1.29, 1.82) is 0 Å². The summed E-state index contributed by atoms with van der Waals surface area (Å²) in [6.45, 7) is 2.14. The summed E-state index contributed by atoms with van der Waals surface area (Å²) in [5, 5.41) is 5.22. The summed E-state index contributed by atoms with van der Waals surface area (Å²) in [5.74, 6) is 0. The quantitative estimate of drug-likeness (QED) is 0.604. The van der Waals surface area contributed by atoms with Crippen molar-refractivity contribution in [2.45, 2.75) is 13.0 Å². The summed E-state index contributed by atoms with van der Waals surface area (Å²) in [6.07, 6.45) is 1.76. The van der Waals surface area contributed by atoms with E-state index in [2.05, 4.69) is 22.6 Å². The van der Waals surface area contributed by atoms with Crippen molar-refractivity contribution in [2.24, 2.45) is 4.99 Å². The highest BCUT2D eigenvalue weighted by Crippen LogP contribution is 2.32. The van der Waals surface area contributed by atoms with Crippen LogP contribution in [0.15, 0.2) is 16.4 Å². The maximum Gasteiger partial charge on any atom is 0.0891 e. The van der Waals surface area contributed by atoms with E-state index in [4.69, 9.17) is 0 Å². The van der Waals surface area contributed by atoms with Crippen molar-refractivity contribution in [3.05, 3.63) is 16.3 Å². The second-order valence-corrected chi connectivity index (χ2v) is 3.26. The molecule has 0 saturated carbocycles. The number of nitrogens with zero attached hydrogens (tertiary/aromatic N) is 1. The fraction of sp³-hybridized carbons (Fsp3) is 0.286. The highest BCUT2D eigenvalue weighted by Gasteiger charge is 2.12. The molecule has 3 heteroatoms. The van der Waals surface area contributed by atoms with Gasteiger partial charge in [-0.2, -0.15) is 0 Å². The Morgan fingerprint density at radius 2 is 2.60 bits per heavy atom. The van der Waals surface area contributed by atoms with Gasteiger partial charge in [-0.1, -0.05) is 0 Å². The van der Waals surface area contributed by atoms with Gasteiger partial charge >= 0.3 is 0 Å². The Hall–Kier alpha value is -0.830. The van der Waals surface area contributed by atoms with Gasteiger partial charge in [-0.3, -0.25) is 0 Å². The summed E-state index contributed by atoms with van der Waals surface area (Å²) >= 11 is 1.76. The molecule has 10 heavy (non-hydrogen) atoms. The number of thiophene rings is 1. The van der Waals surface area contributed by atoms with E-state index in [1.807, 2.05) is 6.07 Å². The van der Waals surface area contributed by atoms with Crippen LogP contribution in [0.5, 0.6) is 0 Å². The van der Waals surface area contributed by atoms with Crippen LogP contribution in [-0.4, -0.2) is 6.34 Å². The molecule has 0 saturated heterocycles. The first-order chi connectivity index (χ1) is 4.88.